The third-order valence-electron chi connectivity index (χ3n) is 2.25. The molecule has 2 aromatic heterocycles. The molecule has 100 valence electrons. The van der Waals surface area contributed by atoms with Gasteiger partial charge < -0.3 is 5.73 Å². The van der Waals surface area contributed by atoms with Gasteiger partial charge in [0.15, 0.2) is 5.16 Å². The van der Waals surface area contributed by atoms with Crippen molar-refractivity contribution in [3.63, 3.8) is 0 Å². The molecule has 0 aliphatic heterocycles. The van der Waals surface area contributed by atoms with Gasteiger partial charge in [-0.25, -0.2) is 14.9 Å². The summed E-state index contributed by atoms with van der Waals surface area (Å²) >= 11 is 1.03. The summed E-state index contributed by atoms with van der Waals surface area (Å²) in [6, 6.07) is 2.45. The Labute approximate surface area is 111 Å². The summed E-state index contributed by atoms with van der Waals surface area (Å²) in [4.78, 5) is 25.5. The molecule has 0 saturated carbocycles. The van der Waals surface area contributed by atoms with Gasteiger partial charge in [0, 0.05) is 12.6 Å². The molecule has 9 nitrogen and oxygen atoms in total. The van der Waals surface area contributed by atoms with Crippen molar-refractivity contribution in [3.05, 3.63) is 32.7 Å². The first-order valence-corrected chi connectivity index (χ1v) is 6.08. The van der Waals surface area contributed by atoms with Gasteiger partial charge in [0.2, 0.25) is 0 Å². The number of hydrogen-bond acceptors (Lipinski definition) is 7. The fraction of sp³-hybridized carbons (Fsp3) is 0.222. The number of nitrogens with two attached hydrogens (primary N) is 1. The Morgan fingerprint density at radius 2 is 2.32 bits per heavy atom. The van der Waals surface area contributed by atoms with Gasteiger partial charge in [0.25, 0.3) is 5.69 Å². The number of rotatable bonds is 4. The van der Waals surface area contributed by atoms with Crippen molar-refractivity contribution in [1.29, 1.82) is 0 Å². The quantitative estimate of drug-likeness (QED) is 0.620. The number of nitrogens with zero attached hydrogens (tertiary/aromatic N) is 4. The highest BCUT2D eigenvalue weighted by Crippen LogP contribution is 2.27. The Balaban J connectivity index is 2.38. The summed E-state index contributed by atoms with van der Waals surface area (Å²) < 4.78 is 1.39. The maximum atomic E-state index is 11.4. The van der Waals surface area contributed by atoms with E-state index in [0.29, 0.717) is 16.7 Å². The van der Waals surface area contributed by atoms with Crippen LogP contribution >= 0.6 is 11.8 Å². The van der Waals surface area contributed by atoms with Crippen molar-refractivity contribution in [1.82, 2.24) is 19.7 Å². The topological polar surface area (TPSA) is 133 Å². The van der Waals surface area contributed by atoms with E-state index in [9.17, 15) is 14.9 Å². The Bertz CT molecular complexity index is 679. The van der Waals surface area contributed by atoms with Crippen molar-refractivity contribution >= 4 is 23.3 Å². The first-order chi connectivity index (χ1) is 9.01. The van der Waals surface area contributed by atoms with Crippen molar-refractivity contribution < 1.29 is 4.92 Å². The molecule has 0 fully saturated rings. The smallest absolute Gasteiger partial charge is 0.343 e. The second kappa shape index (κ2) is 5.10. The average molecular weight is 282 g/mol. The molecule has 0 aliphatic rings. The number of nitro groups is 1. The number of aromatic nitrogens is 4. The van der Waals surface area contributed by atoms with Crippen LogP contribution in [0.5, 0.6) is 0 Å². The lowest BCUT2D eigenvalue weighted by atomic mass is 10.4. The maximum Gasteiger partial charge on any atom is 0.343 e. The molecule has 0 spiro atoms. The van der Waals surface area contributed by atoms with Crippen molar-refractivity contribution in [2.45, 2.75) is 23.7 Å². The highest BCUT2D eigenvalue weighted by molar-refractivity contribution is 7.99. The van der Waals surface area contributed by atoms with E-state index < -0.39 is 4.92 Å². The van der Waals surface area contributed by atoms with E-state index in [1.54, 1.807) is 6.92 Å². The molecular weight excluding hydrogens is 272 g/mol. The summed E-state index contributed by atoms with van der Waals surface area (Å²) in [5.74, 6) is 0.0395. The van der Waals surface area contributed by atoms with Crippen LogP contribution in [0.4, 0.5) is 11.5 Å². The van der Waals surface area contributed by atoms with Crippen molar-refractivity contribution in [2.75, 3.05) is 5.73 Å². The number of H-pyrrole nitrogens is 1. The van der Waals surface area contributed by atoms with Gasteiger partial charge in [-0.05, 0) is 18.7 Å². The predicted octanol–water partition coefficient (Wildman–Crippen LogP) is 0.628. The van der Waals surface area contributed by atoms with Gasteiger partial charge in [-0.3, -0.25) is 14.7 Å². The number of hydrogen-bond donors (Lipinski definition) is 2. The number of nitrogen functional groups attached to an aromatic ring is 1. The highest BCUT2D eigenvalue weighted by Gasteiger charge is 2.14. The van der Waals surface area contributed by atoms with E-state index in [-0.39, 0.29) is 17.2 Å². The maximum absolute atomic E-state index is 11.4. The number of pyridine rings is 1. The van der Waals surface area contributed by atoms with Crippen molar-refractivity contribution in [2.24, 2.45) is 0 Å². The van der Waals surface area contributed by atoms with Crippen LogP contribution in [-0.2, 0) is 6.54 Å². The normalized spacial score (nSPS) is 10.6. The van der Waals surface area contributed by atoms with Crippen LogP contribution in [0.1, 0.15) is 6.92 Å². The summed E-state index contributed by atoms with van der Waals surface area (Å²) in [6.45, 7) is 2.22. The van der Waals surface area contributed by atoms with E-state index >= 15 is 0 Å². The second-order valence-electron chi connectivity index (χ2n) is 3.50. The first-order valence-electron chi connectivity index (χ1n) is 5.26. The molecule has 0 radical (unpaired) electrons. The summed E-state index contributed by atoms with van der Waals surface area (Å²) in [5.41, 5.74) is 5.00. The average Bonchev–Trinajstić information content (AvgIpc) is 2.69. The van der Waals surface area contributed by atoms with E-state index in [2.05, 4.69) is 15.2 Å². The Hall–Kier alpha value is -2.36. The van der Waals surface area contributed by atoms with Crippen LogP contribution in [-0.4, -0.2) is 24.7 Å². The van der Waals surface area contributed by atoms with Gasteiger partial charge >= 0.3 is 5.69 Å². The molecule has 19 heavy (non-hydrogen) atoms. The van der Waals surface area contributed by atoms with Gasteiger partial charge in [0.05, 0.1) is 11.0 Å². The SMILES string of the molecule is CCn1c(Sc2cc([N+](=O)[O-])cc(N)n2)n[nH]c1=O. The lowest BCUT2D eigenvalue weighted by molar-refractivity contribution is -0.385. The summed E-state index contributed by atoms with van der Waals surface area (Å²) in [5, 5.41) is 17.5. The molecule has 2 aromatic rings. The van der Waals surface area contributed by atoms with Crippen LogP contribution in [0.2, 0.25) is 0 Å². The Morgan fingerprint density at radius 1 is 1.58 bits per heavy atom. The largest absolute Gasteiger partial charge is 0.383 e. The van der Waals surface area contributed by atoms with Crippen LogP contribution < -0.4 is 11.4 Å². The number of nitrogens with one attached hydrogen (secondary N) is 1. The Morgan fingerprint density at radius 3 is 2.95 bits per heavy atom. The standard InChI is InChI=1S/C9H10N6O3S/c1-2-14-8(16)12-13-9(14)19-7-4-5(15(17)18)3-6(10)11-7/h3-4H,2H2,1H3,(H2,10,11)(H,12,16). The zero-order valence-electron chi connectivity index (χ0n) is 9.86. The highest BCUT2D eigenvalue weighted by atomic mass is 32.2. The molecule has 0 amide bonds. The molecule has 2 rings (SSSR count). The van der Waals surface area contributed by atoms with Crippen LogP contribution in [0.25, 0.3) is 0 Å². The van der Waals surface area contributed by atoms with Gasteiger partial charge in [-0.2, -0.15) is 0 Å². The second-order valence-corrected chi connectivity index (χ2v) is 4.49. The van der Waals surface area contributed by atoms with E-state index in [4.69, 9.17) is 5.73 Å². The third-order valence-corrected chi connectivity index (χ3v) is 3.17. The van der Waals surface area contributed by atoms with E-state index in [1.165, 1.54) is 16.7 Å². The van der Waals surface area contributed by atoms with Gasteiger partial charge in [0.1, 0.15) is 10.8 Å². The fourth-order valence-electron chi connectivity index (χ4n) is 1.42. The molecule has 0 bridgehead atoms. The molecule has 0 aromatic carbocycles. The van der Waals surface area contributed by atoms with Crippen LogP contribution in [0.15, 0.2) is 27.1 Å². The predicted molar refractivity (Wildman–Crippen MR) is 67.9 cm³/mol. The molecular formula is C9H10N6O3S. The van der Waals surface area contributed by atoms with E-state index in [1.807, 2.05) is 0 Å². The molecule has 10 heteroatoms. The minimum atomic E-state index is -0.556. The minimum Gasteiger partial charge on any atom is -0.383 e. The molecule has 2 heterocycles. The van der Waals surface area contributed by atoms with E-state index in [0.717, 1.165) is 11.8 Å². The number of aromatic amines is 1. The third kappa shape index (κ3) is 2.73. The zero-order valence-corrected chi connectivity index (χ0v) is 10.7. The molecule has 0 saturated heterocycles. The minimum absolute atomic E-state index is 0.0395. The van der Waals surface area contributed by atoms with Crippen LogP contribution in [0, 0.1) is 10.1 Å². The first kappa shape index (κ1) is 13.1. The number of anilines is 1. The molecule has 0 aliphatic carbocycles. The van der Waals surface area contributed by atoms with Gasteiger partial charge in [-0.1, -0.05) is 0 Å². The summed E-state index contributed by atoms with van der Waals surface area (Å²) in [7, 11) is 0. The molecule has 0 atom stereocenters. The van der Waals surface area contributed by atoms with Gasteiger partial charge in [-0.15, -0.1) is 5.10 Å². The molecule has 3 N–H and O–H groups in total. The lowest BCUT2D eigenvalue weighted by Crippen LogP contribution is -2.16. The van der Waals surface area contributed by atoms with Crippen molar-refractivity contribution in [3.8, 4) is 0 Å². The lowest BCUT2D eigenvalue weighted by Gasteiger charge is -2.02. The zero-order chi connectivity index (χ0) is 14.0. The summed E-state index contributed by atoms with van der Waals surface area (Å²) in [6.07, 6.45) is 0. The van der Waals surface area contributed by atoms with Crippen LogP contribution in [0.3, 0.4) is 0 Å². The monoisotopic (exact) mass is 282 g/mol. The Kier molecular flexibility index (Phi) is 3.51. The fourth-order valence-corrected chi connectivity index (χ4v) is 2.35. The molecule has 0 unspecified atom stereocenters.